The Morgan fingerprint density at radius 3 is 2.88 bits per heavy atom. The molecule has 1 aromatic heterocycles. The second-order valence-corrected chi connectivity index (χ2v) is 5.86. The summed E-state index contributed by atoms with van der Waals surface area (Å²) in [5, 5.41) is 3.49. The molecule has 17 heavy (non-hydrogen) atoms. The van der Waals surface area contributed by atoms with Crippen LogP contribution in [0.3, 0.4) is 0 Å². The Hall–Kier alpha value is -0.830. The van der Waals surface area contributed by atoms with Gasteiger partial charge in [0, 0.05) is 24.4 Å². The highest BCUT2D eigenvalue weighted by atomic mass is 16.4. The standard InChI is InChI=1S/C14H22N2O/c1-14(7-2-3-8-14)12-10-16-13(17-12)6-9-15-11-4-5-11/h10-11,15H,2-9H2,1H3. The lowest BCUT2D eigenvalue weighted by molar-refractivity contribution is 0.347. The predicted molar refractivity (Wildman–Crippen MR) is 67.1 cm³/mol. The predicted octanol–water partition coefficient (Wildman–Crippen LogP) is 2.80. The maximum atomic E-state index is 5.92. The molecule has 0 aromatic carbocycles. The molecule has 2 aliphatic carbocycles. The average molecular weight is 234 g/mol. The van der Waals surface area contributed by atoms with E-state index in [0.717, 1.165) is 30.7 Å². The third-order valence-electron chi connectivity index (χ3n) is 4.20. The first kappa shape index (κ1) is 11.3. The molecule has 3 heteroatoms. The van der Waals surface area contributed by atoms with Gasteiger partial charge in [-0.1, -0.05) is 19.8 Å². The van der Waals surface area contributed by atoms with Crippen LogP contribution < -0.4 is 5.32 Å². The van der Waals surface area contributed by atoms with Crippen molar-refractivity contribution in [3.8, 4) is 0 Å². The van der Waals surface area contributed by atoms with Crippen molar-refractivity contribution in [3.63, 3.8) is 0 Å². The van der Waals surface area contributed by atoms with Gasteiger partial charge in [0.25, 0.3) is 0 Å². The first-order chi connectivity index (χ1) is 8.26. The van der Waals surface area contributed by atoms with E-state index in [9.17, 15) is 0 Å². The highest BCUT2D eigenvalue weighted by Crippen LogP contribution is 2.40. The van der Waals surface area contributed by atoms with E-state index in [-0.39, 0.29) is 5.41 Å². The number of aromatic nitrogens is 1. The Morgan fingerprint density at radius 1 is 1.41 bits per heavy atom. The van der Waals surface area contributed by atoms with Crippen LogP contribution in [0.4, 0.5) is 0 Å². The van der Waals surface area contributed by atoms with E-state index in [1.807, 2.05) is 6.20 Å². The molecule has 0 amide bonds. The zero-order valence-electron chi connectivity index (χ0n) is 10.7. The highest BCUT2D eigenvalue weighted by Gasteiger charge is 2.34. The minimum atomic E-state index is 0.259. The van der Waals surface area contributed by atoms with Gasteiger partial charge in [0.05, 0.1) is 6.20 Å². The Morgan fingerprint density at radius 2 is 2.18 bits per heavy atom. The topological polar surface area (TPSA) is 38.1 Å². The van der Waals surface area contributed by atoms with E-state index < -0.39 is 0 Å². The molecular weight excluding hydrogens is 212 g/mol. The lowest BCUT2D eigenvalue weighted by atomic mass is 9.87. The quantitative estimate of drug-likeness (QED) is 0.851. The molecule has 3 rings (SSSR count). The molecule has 2 aliphatic rings. The van der Waals surface area contributed by atoms with Crippen LogP contribution >= 0.6 is 0 Å². The van der Waals surface area contributed by atoms with Crippen LogP contribution in [0, 0.1) is 0 Å². The molecule has 0 radical (unpaired) electrons. The van der Waals surface area contributed by atoms with Crippen LogP contribution in [0.2, 0.25) is 0 Å². The number of nitrogens with zero attached hydrogens (tertiary/aromatic N) is 1. The van der Waals surface area contributed by atoms with Gasteiger partial charge in [-0.3, -0.25) is 0 Å². The number of hydrogen-bond donors (Lipinski definition) is 1. The minimum absolute atomic E-state index is 0.259. The molecule has 0 aliphatic heterocycles. The van der Waals surface area contributed by atoms with Crippen molar-refractivity contribution in [2.24, 2.45) is 0 Å². The van der Waals surface area contributed by atoms with Gasteiger partial charge < -0.3 is 9.73 Å². The third-order valence-corrected chi connectivity index (χ3v) is 4.20. The van der Waals surface area contributed by atoms with Crippen LogP contribution in [0.25, 0.3) is 0 Å². The maximum Gasteiger partial charge on any atom is 0.195 e. The van der Waals surface area contributed by atoms with Gasteiger partial charge >= 0.3 is 0 Å². The lowest BCUT2D eigenvalue weighted by Gasteiger charge is -2.19. The Balaban J connectivity index is 1.57. The summed E-state index contributed by atoms with van der Waals surface area (Å²) in [6.07, 6.45) is 10.7. The summed E-state index contributed by atoms with van der Waals surface area (Å²) in [4.78, 5) is 4.42. The van der Waals surface area contributed by atoms with Crippen LogP contribution in [-0.2, 0) is 11.8 Å². The van der Waals surface area contributed by atoms with Gasteiger partial charge in [-0.15, -0.1) is 0 Å². The largest absolute Gasteiger partial charge is 0.445 e. The molecular formula is C14H22N2O. The van der Waals surface area contributed by atoms with Gasteiger partial charge in [-0.2, -0.15) is 0 Å². The van der Waals surface area contributed by atoms with Crippen LogP contribution in [0.15, 0.2) is 10.6 Å². The molecule has 2 fully saturated rings. The average Bonchev–Trinajstić information content (AvgIpc) is 2.83. The van der Waals surface area contributed by atoms with Crippen molar-refractivity contribution in [2.75, 3.05) is 6.54 Å². The lowest BCUT2D eigenvalue weighted by Crippen LogP contribution is -2.19. The molecule has 2 saturated carbocycles. The van der Waals surface area contributed by atoms with E-state index in [0.29, 0.717) is 0 Å². The molecule has 94 valence electrons. The van der Waals surface area contributed by atoms with E-state index >= 15 is 0 Å². The molecule has 0 saturated heterocycles. The zero-order valence-corrected chi connectivity index (χ0v) is 10.7. The fourth-order valence-electron chi connectivity index (χ4n) is 2.78. The molecule has 0 atom stereocenters. The summed E-state index contributed by atoms with van der Waals surface area (Å²) in [7, 11) is 0. The van der Waals surface area contributed by atoms with Crippen molar-refractivity contribution in [1.82, 2.24) is 10.3 Å². The normalized spacial score (nSPS) is 23.1. The summed E-state index contributed by atoms with van der Waals surface area (Å²) in [6, 6.07) is 0.775. The summed E-state index contributed by atoms with van der Waals surface area (Å²) in [5.41, 5.74) is 0.259. The van der Waals surface area contributed by atoms with E-state index in [1.165, 1.54) is 38.5 Å². The van der Waals surface area contributed by atoms with Crippen LogP contribution in [0.5, 0.6) is 0 Å². The monoisotopic (exact) mass is 234 g/mol. The fourth-order valence-corrected chi connectivity index (χ4v) is 2.78. The number of hydrogen-bond acceptors (Lipinski definition) is 3. The Labute approximate surface area is 103 Å². The summed E-state index contributed by atoms with van der Waals surface area (Å²) < 4.78 is 5.92. The Kier molecular flexibility index (Phi) is 2.95. The van der Waals surface area contributed by atoms with Crippen LogP contribution in [0.1, 0.15) is 57.1 Å². The highest BCUT2D eigenvalue weighted by molar-refractivity contribution is 5.12. The Bertz CT molecular complexity index is 375. The second-order valence-electron chi connectivity index (χ2n) is 5.86. The van der Waals surface area contributed by atoms with E-state index in [1.54, 1.807) is 0 Å². The minimum Gasteiger partial charge on any atom is -0.445 e. The summed E-state index contributed by atoms with van der Waals surface area (Å²) in [5.74, 6) is 2.01. The smallest absolute Gasteiger partial charge is 0.195 e. The first-order valence-corrected chi connectivity index (χ1v) is 6.95. The number of nitrogens with one attached hydrogen (secondary N) is 1. The first-order valence-electron chi connectivity index (χ1n) is 6.95. The molecule has 0 unspecified atom stereocenters. The molecule has 1 N–H and O–H groups in total. The second kappa shape index (κ2) is 4.45. The van der Waals surface area contributed by atoms with Crippen molar-refractivity contribution in [3.05, 3.63) is 17.8 Å². The van der Waals surface area contributed by atoms with Gasteiger partial charge in [0.15, 0.2) is 5.89 Å². The maximum absolute atomic E-state index is 5.92. The molecule has 0 bridgehead atoms. The van der Waals surface area contributed by atoms with Crippen molar-refractivity contribution >= 4 is 0 Å². The molecule has 0 spiro atoms. The summed E-state index contributed by atoms with van der Waals surface area (Å²) in [6.45, 7) is 3.31. The van der Waals surface area contributed by atoms with Crippen molar-refractivity contribution in [1.29, 1.82) is 0 Å². The van der Waals surface area contributed by atoms with Gasteiger partial charge in [-0.25, -0.2) is 4.98 Å². The molecule has 1 heterocycles. The SMILES string of the molecule is CC1(c2cnc(CCNC3CC3)o2)CCCC1. The third kappa shape index (κ3) is 2.54. The van der Waals surface area contributed by atoms with Crippen molar-refractivity contribution in [2.45, 2.75) is 63.3 Å². The summed E-state index contributed by atoms with van der Waals surface area (Å²) >= 11 is 0. The number of rotatable bonds is 5. The van der Waals surface area contributed by atoms with Gasteiger partial charge in [0.2, 0.25) is 0 Å². The van der Waals surface area contributed by atoms with Gasteiger partial charge in [0.1, 0.15) is 5.76 Å². The van der Waals surface area contributed by atoms with E-state index in [4.69, 9.17) is 4.42 Å². The molecule has 3 nitrogen and oxygen atoms in total. The number of oxazole rings is 1. The fraction of sp³-hybridized carbons (Fsp3) is 0.786. The van der Waals surface area contributed by atoms with Gasteiger partial charge in [-0.05, 0) is 25.7 Å². The molecule has 1 aromatic rings. The zero-order chi connectivity index (χ0) is 11.7. The van der Waals surface area contributed by atoms with Crippen molar-refractivity contribution < 1.29 is 4.42 Å². The van der Waals surface area contributed by atoms with E-state index in [2.05, 4.69) is 17.2 Å². The van der Waals surface area contributed by atoms with Crippen LogP contribution in [-0.4, -0.2) is 17.6 Å².